The average Bonchev–Trinajstić information content (AvgIpc) is 2.28. The summed E-state index contributed by atoms with van der Waals surface area (Å²) >= 11 is 0. The van der Waals surface area contributed by atoms with E-state index in [1.165, 1.54) is 11.9 Å². The lowest BCUT2D eigenvalue weighted by molar-refractivity contribution is -0.119. The van der Waals surface area contributed by atoms with E-state index >= 15 is 0 Å². The molecule has 0 spiro atoms. The summed E-state index contributed by atoms with van der Waals surface area (Å²) in [4.78, 5) is 5.39. The largest absolute Gasteiger partial charge is 0.405 e. The molecule has 1 N–H and O–H groups in total. The van der Waals surface area contributed by atoms with E-state index in [9.17, 15) is 13.2 Å². The maximum Gasteiger partial charge on any atom is 0.405 e. The maximum absolute atomic E-state index is 12.5. The number of nitrogens with one attached hydrogen (secondary N) is 1. The van der Waals surface area contributed by atoms with Gasteiger partial charge in [-0.1, -0.05) is 13.8 Å². The number of nitrogens with zero attached hydrogens (tertiary/aromatic N) is 2. The molecule has 0 aliphatic heterocycles. The van der Waals surface area contributed by atoms with Gasteiger partial charge in [-0.3, -0.25) is 4.98 Å². The molecule has 1 aromatic rings. The van der Waals surface area contributed by atoms with E-state index in [1.807, 2.05) is 0 Å². The molecule has 6 heteroatoms. The normalized spacial score (nSPS) is 12.0. The number of halogens is 3. The molecule has 0 saturated heterocycles. The minimum absolute atomic E-state index is 0.491. The molecule has 0 aliphatic carbocycles. The fourth-order valence-electron chi connectivity index (χ4n) is 1.91. The van der Waals surface area contributed by atoms with Crippen molar-refractivity contribution in [2.75, 3.05) is 25.0 Å². The van der Waals surface area contributed by atoms with Crippen LogP contribution in [-0.4, -0.2) is 31.3 Å². The van der Waals surface area contributed by atoms with Gasteiger partial charge in [0, 0.05) is 36.7 Å². The molecule has 0 bridgehead atoms. The SMILES string of the molecule is Cc1cc(N(C)CC(F)(F)F)c(CNCC(C)C)cn1. The topological polar surface area (TPSA) is 28.2 Å². The maximum atomic E-state index is 12.5. The van der Waals surface area contributed by atoms with Gasteiger partial charge in [-0.2, -0.15) is 13.2 Å². The first-order chi connectivity index (χ1) is 9.19. The minimum atomic E-state index is -4.21. The van der Waals surface area contributed by atoms with Gasteiger partial charge in [0.2, 0.25) is 0 Å². The Kier molecular flexibility index (Phi) is 5.80. The fourth-order valence-corrected chi connectivity index (χ4v) is 1.91. The lowest BCUT2D eigenvalue weighted by atomic mass is 10.1. The van der Waals surface area contributed by atoms with Crippen molar-refractivity contribution in [1.82, 2.24) is 10.3 Å². The molecule has 0 atom stereocenters. The van der Waals surface area contributed by atoms with Crippen LogP contribution in [0, 0.1) is 12.8 Å². The molecule has 0 unspecified atom stereocenters. The van der Waals surface area contributed by atoms with Crippen molar-refractivity contribution >= 4 is 5.69 Å². The highest BCUT2D eigenvalue weighted by molar-refractivity contribution is 5.53. The fraction of sp³-hybridized carbons (Fsp3) is 0.643. The number of hydrogen-bond donors (Lipinski definition) is 1. The van der Waals surface area contributed by atoms with Crippen LogP contribution in [0.2, 0.25) is 0 Å². The van der Waals surface area contributed by atoms with Gasteiger partial charge in [0.05, 0.1) is 0 Å². The Bertz CT molecular complexity index is 430. The Morgan fingerprint density at radius 3 is 2.55 bits per heavy atom. The second kappa shape index (κ2) is 6.92. The summed E-state index contributed by atoms with van der Waals surface area (Å²) in [6.45, 7) is 6.30. The Hall–Kier alpha value is -1.30. The molecule has 1 heterocycles. The second-order valence-corrected chi connectivity index (χ2v) is 5.45. The smallest absolute Gasteiger partial charge is 0.365 e. The third-order valence-corrected chi connectivity index (χ3v) is 2.79. The molecule has 0 aliphatic rings. The van der Waals surface area contributed by atoms with Gasteiger partial charge in [0.25, 0.3) is 0 Å². The quantitative estimate of drug-likeness (QED) is 0.872. The highest BCUT2D eigenvalue weighted by atomic mass is 19.4. The molecular weight excluding hydrogens is 267 g/mol. The van der Waals surface area contributed by atoms with E-state index in [2.05, 4.69) is 24.1 Å². The monoisotopic (exact) mass is 289 g/mol. The summed E-state index contributed by atoms with van der Waals surface area (Å²) in [5.74, 6) is 0.491. The van der Waals surface area contributed by atoms with Gasteiger partial charge in [-0.05, 0) is 25.5 Å². The van der Waals surface area contributed by atoms with Gasteiger partial charge in [0.15, 0.2) is 0 Å². The lowest BCUT2D eigenvalue weighted by Crippen LogP contribution is -2.32. The molecule has 0 fully saturated rings. The predicted octanol–water partition coefficient (Wildman–Crippen LogP) is 3.13. The van der Waals surface area contributed by atoms with E-state index < -0.39 is 12.7 Å². The molecule has 0 saturated carbocycles. The Labute approximate surface area is 118 Å². The summed E-state index contributed by atoms with van der Waals surface area (Å²) in [6.07, 6.45) is -2.57. The predicted molar refractivity (Wildman–Crippen MR) is 74.8 cm³/mol. The van der Waals surface area contributed by atoms with Crippen LogP contribution < -0.4 is 10.2 Å². The summed E-state index contributed by atoms with van der Waals surface area (Å²) in [5, 5.41) is 3.23. The molecule has 1 aromatic heterocycles. The van der Waals surface area contributed by atoms with Crippen molar-refractivity contribution in [1.29, 1.82) is 0 Å². The zero-order valence-corrected chi connectivity index (χ0v) is 12.4. The molecule has 0 radical (unpaired) electrons. The first-order valence-electron chi connectivity index (χ1n) is 6.63. The van der Waals surface area contributed by atoms with Gasteiger partial charge in [-0.15, -0.1) is 0 Å². The van der Waals surface area contributed by atoms with Crippen LogP contribution in [0.15, 0.2) is 12.3 Å². The van der Waals surface area contributed by atoms with E-state index in [4.69, 9.17) is 0 Å². The summed E-state index contributed by atoms with van der Waals surface area (Å²) in [5.41, 5.74) is 2.07. The Balaban J connectivity index is 2.84. The number of hydrogen-bond acceptors (Lipinski definition) is 3. The number of rotatable bonds is 6. The van der Waals surface area contributed by atoms with E-state index in [-0.39, 0.29) is 0 Å². The molecule has 3 nitrogen and oxygen atoms in total. The Morgan fingerprint density at radius 2 is 2.00 bits per heavy atom. The zero-order valence-electron chi connectivity index (χ0n) is 12.4. The molecule has 0 aromatic carbocycles. The molecule has 114 valence electrons. The minimum Gasteiger partial charge on any atom is -0.365 e. The second-order valence-electron chi connectivity index (χ2n) is 5.45. The molecule has 1 rings (SSSR count). The number of anilines is 1. The van der Waals surface area contributed by atoms with Gasteiger partial charge in [-0.25, -0.2) is 0 Å². The molecule has 20 heavy (non-hydrogen) atoms. The zero-order chi connectivity index (χ0) is 15.3. The first-order valence-corrected chi connectivity index (χ1v) is 6.63. The molecule has 0 amide bonds. The third-order valence-electron chi connectivity index (χ3n) is 2.79. The van der Waals surface area contributed by atoms with Crippen LogP contribution in [0.3, 0.4) is 0 Å². The van der Waals surface area contributed by atoms with E-state index in [1.54, 1.807) is 19.2 Å². The van der Waals surface area contributed by atoms with Crippen LogP contribution in [0.5, 0.6) is 0 Å². The van der Waals surface area contributed by atoms with Crippen molar-refractivity contribution in [2.24, 2.45) is 5.92 Å². The highest BCUT2D eigenvalue weighted by Crippen LogP contribution is 2.24. The van der Waals surface area contributed by atoms with Crippen molar-refractivity contribution in [3.63, 3.8) is 0 Å². The van der Waals surface area contributed by atoms with Gasteiger partial charge < -0.3 is 10.2 Å². The van der Waals surface area contributed by atoms with Crippen LogP contribution >= 0.6 is 0 Å². The molecular formula is C14H22F3N3. The van der Waals surface area contributed by atoms with Crippen LogP contribution in [0.1, 0.15) is 25.1 Å². The number of aromatic nitrogens is 1. The summed E-state index contributed by atoms with van der Waals surface area (Å²) < 4.78 is 37.5. The number of alkyl halides is 3. The average molecular weight is 289 g/mol. The van der Waals surface area contributed by atoms with Crippen molar-refractivity contribution in [3.8, 4) is 0 Å². The highest BCUT2D eigenvalue weighted by Gasteiger charge is 2.30. The lowest BCUT2D eigenvalue weighted by Gasteiger charge is -2.24. The van der Waals surface area contributed by atoms with Gasteiger partial charge >= 0.3 is 6.18 Å². The van der Waals surface area contributed by atoms with Crippen molar-refractivity contribution < 1.29 is 13.2 Å². The number of pyridine rings is 1. The first kappa shape index (κ1) is 16.8. The number of aryl methyl sites for hydroxylation is 1. The Morgan fingerprint density at radius 1 is 1.35 bits per heavy atom. The van der Waals surface area contributed by atoms with Crippen LogP contribution in [-0.2, 0) is 6.54 Å². The van der Waals surface area contributed by atoms with Crippen LogP contribution in [0.25, 0.3) is 0 Å². The summed E-state index contributed by atoms with van der Waals surface area (Å²) in [7, 11) is 1.45. The summed E-state index contributed by atoms with van der Waals surface area (Å²) in [6, 6.07) is 1.69. The van der Waals surface area contributed by atoms with E-state index in [0.717, 1.165) is 12.1 Å². The third kappa shape index (κ3) is 5.77. The standard InChI is InChI=1S/C14H22F3N3/c1-10(2)6-18-7-12-8-19-11(3)5-13(12)20(4)9-14(15,16)17/h5,8,10,18H,6-7,9H2,1-4H3. The van der Waals surface area contributed by atoms with Crippen LogP contribution in [0.4, 0.5) is 18.9 Å². The van der Waals surface area contributed by atoms with Crippen molar-refractivity contribution in [2.45, 2.75) is 33.5 Å². The van der Waals surface area contributed by atoms with E-state index in [0.29, 0.717) is 23.8 Å². The van der Waals surface area contributed by atoms with Gasteiger partial charge in [0.1, 0.15) is 6.54 Å². The van der Waals surface area contributed by atoms with Crippen molar-refractivity contribution in [3.05, 3.63) is 23.5 Å².